The number of fused-ring (bicyclic) bond motifs is 1. The van der Waals surface area contributed by atoms with E-state index in [2.05, 4.69) is 0 Å². The van der Waals surface area contributed by atoms with Crippen molar-refractivity contribution in [1.29, 1.82) is 0 Å². The van der Waals surface area contributed by atoms with Crippen LogP contribution in [0.3, 0.4) is 0 Å². The van der Waals surface area contributed by atoms with E-state index in [0.29, 0.717) is 16.4 Å². The van der Waals surface area contributed by atoms with Crippen molar-refractivity contribution in [2.75, 3.05) is 17.8 Å². The highest BCUT2D eigenvalue weighted by atomic mass is 32.2. The van der Waals surface area contributed by atoms with E-state index >= 15 is 0 Å². The second-order valence-electron chi connectivity index (χ2n) is 6.01. The molecule has 2 fully saturated rings. The molecule has 0 unspecified atom stereocenters. The average Bonchev–Trinajstić information content (AvgIpc) is 3.22. The number of carbonyl (C=O) groups is 2. The van der Waals surface area contributed by atoms with Gasteiger partial charge in [-0.05, 0) is 42.0 Å². The van der Waals surface area contributed by atoms with E-state index in [1.807, 2.05) is 47.4 Å². The monoisotopic (exact) mass is 384 g/mol. The van der Waals surface area contributed by atoms with Gasteiger partial charge in [0.25, 0.3) is 5.91 Å². The summed E-state index contributed by atoms with van der Waals surface area (Å²) in [6.07, 6.45) is 0. The fourth-order valence-corrected chi connectivity index (χ4v) is 5.18. The van der Waals surface area contributed by atoms with Crippen LogP contribution in [0.2, 0.25) is 0 Å². The van der Waals surface area contributed by atoms with Gasteiger partial charge in [-0.3, -0.25) is 9.69 Å². The fraction of sp³-hybridized carbons (Fsp3) is 0.211. The summed E-state index contributed by atoms with van der Waals surface area (Å²) < 4.78 is 4.74. The Labute approximate surface area is 160 Å². The SMILES string of the molecule is COC(=O)c1ccc([C@@H]2SC[C@@H]3C(=O)N(c4ccccc4)C(=S)N32)cc1. The van der Waals surface area contributed by atoms with Crippen LogP contribution in [0, 0.1) is 0 Å². The Morgan fingerprint density at radius 2 is 1.85 bits per heavy atom. The number of methoxy groups -OCH3 is 1. The van der Waals surface area contributed by atoms with Gasteiger partial charge < -0.3 is 9.64 Å². The van der Waals surface area contributed by atoms with Gasteiger partial charge in [-0.1, -0.05) is 30.3 Å². The molecule has 1 amide bonds. The number of esters is 1. The summed E-state index contributed by atoms with van der Waals surface area (Å²) in [5.74, 6) is 0.337. The number of carbonyl (C=O) groups excluding carboxylic acids is 2. The van der Waals surface area contributed by atoms with Gasteiger partial charge in [0, 0.05) is 5.75 Å². The molecule has 0 saturated carbocycles. The van der Waals surface area contributed by atoms with E-state index < -0.39 is 0 Å². The van der Waals surface area contributed by atoms with E-state index in [1.54, 1.807) is 28.8 Å². The van der Waals surface area contributed by atoms with Crippen LogP contribution in [-0.4, -0.2) is 40.8 Å². The normalized spacial score (nSPS) is 21.9. The van der Waals surface area contributed by atoms with Gasteiger partial charge in [-0.2, -0.15) is 0 Å². The summed E-state index contributed by atoms with van der Waals surface area (Å²) in [5, 5.41) is 0.482. The third-order valence-corrected chi connectivity index (χ3v) is 6.27. The number of benzene rings is 2. The van der Waals surface area contributed by atoms with Crippen molar-refractivity contribution in [3.05, 3.63) is 65.7 Å². The predicted octanol–water partition coefficient (Wildman–Crippen LogP) is 3.22. The van der Waals surface area contributed by atoms with Crippen molar-refractivity contribution in [3.63, 3.8) is 0 Å². The molecule has 2 atom stereocenters. The summed E-state index contributed by atoms with van der Waals surface area (Å²) in [4.78, 5) is 28.1. The topological polar surface area (TPSA) is 49.9 Å². The first kappa shape index (κ1) is 17.1. The molecule has 2 saturated heterocycles. The van der Waals surface area contributed by atoms with Crippen LogP contribution in [0.25, 0.3) is 0 Å². The molecule has 4 rings (SSSR count). The number of amides is 1. The van der Waals surface area contributed by atoms with E-state index in [4.69, 9.17) is 17.0 Å². The van der Waals surface area contributed by atoms with Crippen LogP contribution in [0.4, 0.5) is 5.69 Å². The molecule has 0 radical (unpaired) electrons. The molecule has 132 valence electrons. The maximum absolute atomic E-state index is 12.9. The first-order valence-electron chi connectivity index (χ1n) is 8.13. The molecule has 0 N–H and O–H groups in total. The van der Waals surface area contributed by atoms with Gasteiger partial charge in [-0.15, -0.1) is 11.8 Å². The number of para-hydroxylation sites is 1. The largest absolute Gasteiger partial charge is 0.465 e. The summed E-state index contributed by atoms with van der Waals surface area (Å²) >= 11 is 7.33. The third-order valence-electron chi connectivity index (χ3n) is 4.55. The third kappa shape index (κ3) is 2.68. The molecule has 2 heterocycles. The zero-order valence-corrected chi connectivity index (χ0v) is 15.6. The van der Waals surface area contributed by atoms with Gasteiger partial charge in [0.05, 0.1) is 18.4 Å². The highest BCUT2D eigenvalue weighted by Crippen LogP contribution is 2.46. The van der Waals surface area contributed by atoms with Crippen LogP contribution in [-0.2, 0) is 9.53 Å². The molecule has 0 bridgehead atoms. The van der Waals surface area contributed by atoms with Gasteiger partial charge in [0.2, 0.25) is 0 Å². The minimum absolute atomic E-state index is 0.0161. The Kier molecular flexibility index (Phi) is 4.42. The summed E-state index contributed by atoms with van der Waals surface area (Å²) in [6.45, 7) is 0. The summed E-state index contributed by atoms with van der Waals surface area (Å²) in [6, 6.07) is 16.5. The predicted molar refractivity (Wildman–Crippen MR) is 105 cm³/mol. The highest BCUT2D eigenvalue weighted by Gasteiger charge is 2.50. The van der Waals surface area contributed by atoms with Crippen LogP contribution in [0.5, 0.6) is 0 Å². The Morgan fingerprint density at radius 3 is 2.50 bits per heavy atom. The zero-order valence-electron chi connectivity index (χ0n) is 14.0. The van der Waals surface area contributed by atoms with Crippen molar-refractivity contribution in [2.24, 2.45) is 0 Å². The number of ether oxygens (including phenoxy) is 1. The Bertz CT molecular complexity index is 870. The van der Waals surface area contributed by atoms with Crippen molar-refractivity contribution >= 4 is 46.7 Å². The molecule has 0 aliphatic carbocycles. The van der Waals surface area contributed by atoms with Crippen LogP contribution in [0.1, 0.15) is 21.3 Å². The van der Waals surface area contributed by atoms with Crippen molar-refractivity contribution in [3.8, 4) is 0 Å². The van der Waals surface area contributed by atoms with Gasteiger partial charge >= 0.3 is 5.97 Å². The molecule has 0 aromatic heterocycles. The maximum atomic E-state index is 12.9. The zero-order chi connectivity index (χ0) is 18.3. The molecule has 2 aromatic rings. The number of hydrogen-bond donors (Lipinski definition) is 0. The van der Waals surface area contributed by atoms with Crippen molar-refractivity contribution in [1.82, 2.24) is 4.90 Å². The Morgan fingerprint density at radius 1 is 1.15 bits per heavy atom. The number of nitrogens with zero attached hydrogens (tertiary/aromatic N) is 2. The standard InChI is InChI=1S/C19H16N2O3S2/c1-24-18(23)13-9-7-12(8-10-13)17-21-15(11-26-17)16(22)20(19(21)25)14-5-3-2-4-6-14/h2-10,15,17H,11H2,1H3/t15-,17+/m1/s1. The lowest BCUT2D eigenvalue weighted by Crippen LogP contribution is -2.33. The van der Waals surface area contributed by atoms with Gasteiger partial charge in [0.1, 0.15) is 11.4 Å². The van der Waals surface area contributed by atoms with Crippen molar-refractivity contribution in [2.45, 2.75) is 11.4 Å². The molecule has 2 aliphatic rings. The summed E-state index contributed by atoms with van der Waals surface area (Å²) in [7, 11) is 1.36. The molecular formula is C19H16N2O3S2. The van der Waals surface area contributed by atoms with Crippen molar-refractivity contribution < 1.29 is 14.3 Å². The first-order chi connectivity index (χ1) is 12.6. The van der Waals surface area contributed by atoms with Gasteiger partial charge in [0.15, 0.2) is 5.11 Å². The molecule has 0 spiro atoms. The second-order valence-corrected chi connectivity index (χ2v) is 7.49. The number of hydrogen-bond acceptors (Lipinski definition) is 5. The van der Waals surface area contributed by atoms with E-state index in [9.17, 15) is 9.59 Å². The second kappa shape index (κ2) is 6.74. The average molecular weight is 384 g/mol. The minimum Gasteiger partial charge on any atom is -0.465 e. The Balaban J connectivity index is 1.62. The number of thioether (sulfide) groups is 1. The van der Waals surface area contributed by atoms with E-state index in [0.717, 1.165) is 11.3 Å². The quantitative estimate of drug-likeness (QED) is 0.598. The molecular weight excluding hydrogens is 368 g/mol. The smallest absolute Gasteiger partial charge is 0.337 e. The lowest BCUT2D eigenvalue weighted by Gasteiger charge is -2.25. The van der Waals surface area contributed by atoms with E-state index in [-0.39, 0.29) is 23.3 Å². The van der Waals surface area contributed by atoms with Gasteiger partial charge in [-0.25, -0.2) is 4.79 Å². The van der Waals surface area contributed by atoms with Crippen LogP contribution >= 0.6 is 24.0 Å². The van der Waals surface area contributed by atoms with Crippen LogP contribution < -0.4 is 4.90 Å². The highest BCUT2D eigenvalue weighted by molar-refractivity contribution is 7.99. The fourth-order valence-electron chi connectivity index (χ4n) is 3.26. The van der Waals surface area contributed by atoms with Crippen LogP contribution in [0.15, 0.2) is 54.6 Å². The lowest BCUT2D eigenvalue weighted by atomic mass is 10.1. The number of thiocarbonyl (C=S) groups is 1. The molecule has 26 heavy (non-hydrogen) atoms. The first-order valence-corrected chi connectivity index (χ1v) is 9.58. The molecule has 7 heteroatoms. The molecule has 2 aromatic carbocycles. The lowest BCUT2D eigenvalue weighted by molar-refractivity contribution is -0.119. The maximum Gasteiger partial charge on any atom is 0.337 e. The number of rotatable bonds is 3. The Hall–Kier alpha value is -2.38. The number of anilines is 1. The molecule has 2 aliphatic heterocycles. The van der Waals surface area contributed by atoms with E-state index in [1.165, 1.54) is 7.11 Å². The molecule has 5 nitrogen and oxygen atoms in total. The minimum atomic E-state index is -0.365. The summed E-state index contributed by atoms with van der Waals surface area (Å²) in [5.41, 5.74) is 2.30.